The third kappa shape index (κ3) is 3.42. The van der Waals surface area contributed by atoms with Crippen LogP contribution in [0.2, 0.25) is 0 Å². The quantitative estimate of drug-likeness (QED) is 0.812. The van der Waals surface area contributed by atoms with E-state index in [-0.39, 0.29) is 5.25 Å². The van der Waals surface area contributed by atoms with Gasteiger partial charge < -0.3 is 5.11 Å². The summed E-state index contributed by atoms with van der Waals surface area (Å²) < 4.78 is 0. The molecule has 0 heterocycles. The minimum Gasteiger partial charge on any atom is -0.480 e. The van der Waals surface area contributed by atoms with Gasteiger partial charge in [0, 0.05) is 5.75 Å². The van der Waals surface area contributed by atoms with Crippen LogP contribution < -0.4 is 0 Å². The van der Waals surface area contributed by atoms with Gasteiger partial charge in [-0.1, -0.05) is 37.3 Å². The number of rotatable bonds is 5. The second-order valence-electron chi connectivity index (χ2n) is 3.03. The Balaban J connectivity index is 2.44. The van der Waals surface area contributed by atoms with Gasteiger partial charge in [0.1, 0.15) is 5.25 Å². The Hall–Kier alpha value is -0.960. The fourth-order valence-electron chi connectivity index (χ4n) is 1.13. The molecule has 3 heteroatoms. The molecule has 1 atom stereocenters. The normalized spacial score (nSPS) is 12.4. The van der Waals surface area contributed by atoms with Crippen LogP contribution in [-0.4, -0.2) is 16.3 Å². The van der Waals surface area contributed by atoms with Crippen LogP contribution in [0.15, 0.2) is 30.3 Å². The van der Waals surface area contributed by atoms with Gasteiger partial charge in [0.25, 0.3) is 0 Å². The number of thioether (sulfide) groups is 1. The molecular formula is C11H14O2S. The van der Waals surface area contributed by atoms with Crippen molar-refractivity contribution in [1.82, 2.24) is 0 Å². The smallest absolute Gasteiger partial charge is 0.316 e. The van der Waals surface area contributed by atoms with Crippen LogP contribution >= 0.6 is 11.8 Å². The first-order valence-electron chi connectivity index (χ1n) is 4.62. The fourth-order valence-corrected chi connectivity index (χ4v) is 2.10. The SMILES string of the molecule is CC[C@H](SCc1ccccc1)C(=O)O. The van der Waals surface area contributed by atoms with Crippen LogP contribution in [0.3, 0.4) is 0 Å². The average Bonchev–Trinajstić information content (AvgIpc) is 2.20. The summed E-state index contributed by atoms with van der Waals surface area (Å²) in [6, 6.07) is 9.93. The van der Waals surface area contributed by atoms with Crippen molar-refractivity contribution in [2.24, 2.45) is 0 Å². The lowest BCUT2D eigenvalue weighted by atomic mass is 10.2. The van der Waals surface area contributed by atoms with Crippen molar-refractivity contribution in [3.05, 3.63) is 35.9 Å². The second kappa shape index (κ2) is 5.70. The molecule has 1 aromatic rings. The van der Waals surface area contributed by atoms with Crippen LogP contribution in [0.4, 0.5) is 0 Å². The van der Waals surface area contributed by atoms with Crippen molar-refractivity contribution >= 4 is 17.7 Å². The summed E-state index contributed by atoms with van der Waals surface area (Å²) in [7, 11) is 0. The fraction of sp³-hybridized carbons (Fsp3) is 0.364. The summed E-state index contributed by atoms with van der Waals surface area (Å²) >= 11 is 1.48. The predicted octanol–water partition coefficient (Wildman–Crippen LogP) is 2.78. The number of hydrogen-bond donors (Lipinski definition) is 1. The van der Waals surface area contributed by atoms with Crippen molar-refractivity contribution in [3.63, 3.8) is 0 Å². The lowest BCUT2D eigenvalue weighted by molar-refractivity contribution is -0.136. The summed E-state index contributed by atoms with van der Waals surface area (Å²) in [6.07, 6.45) is 0.673. The highest BCUT2D eigenvalue weighted by Gasteiger charge is 2.14. The van der Waals surface area contributed by atoms with Crippen LogP contribution in [-0.2, 0) is 10.5 Å². The van der Waals surface area contributed by atoms with Crippen LogP contribution in [0, 0.1) is 0 Å². The molecular weight excluding hydrogens is 196 g/mol. The number of carboxylic acid groups (broad SMARTS) is 1. The second-order valence-corrected chi connectivity index (χ2v) is 4.22. The molecule has 1 N–H and O–H groups in total. The van der Waals surface area contributed by atoms with Gasteiger partial charge in [-0.05, 0) is 12.0 Å². The monoisotopic (exact) mass is 210 g/mol. The van der Waals surface area contributed by atoms with Gasteiger partial charge >= 0.3 is 5.97 Å². The Kier molecular flexibility index (Phi) is 4.53. The van der Waals surface area contributed by atoms with E-state index in [1.165, 1.54) is 17.3 Å². The van der Waals surface area contributed by atoms with E-state index in [4.69, 9.17) is 5.11 Å². The van der Waals surface area contributed by atoms with E-state index in [1.807, 2.05) is 37.3 Å². The maximum atomic E-state index is 10.7. The standard InChI is InChI=1S/C11H14O2S/c1-2-10(11(12)13)14-8-9-6-4-3-5-7-9/h3-7,10H,2,8H2,1H3,(H,12,13)/t10-/m0/s1. The van der Waals surface area contributed by atoms with Crippen LogP contribution in [0.5, 0.6) is 0 Å². The van der Waals surface area contributed by atoms with E-state index in [9.17, 15) is 4.79 Å². The van der Waals surface area contributed by atoms with Crippen molar-refractivity contribution < 1.29 is 9.90 Å². The highest BCUT2D eigenvalue weighted by Crippen LogP contribution is 2.20. The third-order valence-electron chi connectivity index (χ3n) is 1.94. The highest BCUT2D eigenvalue weighted by atomic mass is 32.2. The first-order valence-corrected chi connectivity index (χ1v) is 5.67. The molecule has 0 saturated carbocycles. The van der Waals surface area contributed by atoms with Gasteiger partial charge in [-0.2, -0.15) is 0 Å². The molecule has 0 fully saturated rings. The van der Waals surface area contributed by atoms with Gasteiger partial charge in [0.05, 0.1) is 0 Å². The summed E-state index contributed by atoms with van der Waals surface area (Å²) in [5.41, 5.74) is 1.18. The lowest BCUT2D eigenvalue weighted by Gasteiger charge is -2.08. The topological polar surface area (TPSA) is 37.3 Å². The largest absolute Gasteiger partial charge is 0.480 e. The number of hydrogen-bond acceptors (Lipinski definition) is 2. The summed E-state index contributed by atoms with van der Waals surface area (Å²) in [4.78, 5) is 10.7. The molecule has 0 aliphatic heterocycles. The van der Waals surface area contributed by atoms with Gasteiger partial charge in [0.2, 0.25) is 0 Å². The summed E-state index contributed by atoms with van der Waals surface area (Å²) in [6.45, 7) is 1.90. The van der Waals surface area contributed by atoms with Gasteiger partial charge in [-0.3, -0.25) is 4.79 Å². The molecule has 0 aliphatic rings. The summed E-state index contributed by atoms with van der Waals surface area (Å²) in [5.74, 6) is 0.0551. The zero-order valence-electron chi connectivity index (χ0n) is 8.14. The van der Waals surface area contributed by atoms with Crippen LogP contribution in [0.1, 0.15) is 18.9 Å². The van der Waals surface area contributed by atoms with Crippen molar-refractivity contribution in [2.75, 3.05) is 0 Å². The molecule has 0 aliphatic carbocycles. The molecule has 0 amide bonds. The molecule has 1 aromatic carbocycles. The van der Waals surface area contributed by atoms with E-state index < -0.39 is 5.97 Å². The Morgan fingerprint density at radius 2 is 2.07 bits per heavy atom. The first kappa shape index (κ1) is 11.1. The minimum absolute atomic E-state index is 0.282. The lowest BCUT2D eigenvalue weighted by Crippen LogP contribution is -2.14. The molecule has 0 bridgehead atoms. The molecule has 0 spiro atoms. The zero-order valence-corrected chi connectivity index (χ0v) is 8.96. The first-order chi connectivity index (χ1) is 6.74. The van der Waals surface area contributed by atoms with E-state index >= 15 is 0 Å². The Morgan fingerprint density at radius 1 is 1.43 bits per heavy atom. The number of aliphatic carboxylic acids is 1. The Labute approximate surface area is 88.3 Å². The maximum absolute atomic E-state index is 10.7. The summed E-state index contributed by atoms with van der Waals surface area (Å²) in [5, 5.41) is 8.55. The number of benzene rings is 1. The molecule has 0 unspecified atom stereocenters. The van der Waals surface area contributed by atoms with E-state index in [1.54, 1.807) is 0 Å². The van der Waals surface area contributed by atoms with Crippen LogP contribution in [0.25, 0.3) is 0 Å². The van der Waals surface area contributed by atoms with Gasteiger partial charge in [-0.25, -0.2) is 0 Å². The molecule has 14 heavy (non-hydrogen) atoms. The number of carbonyl (C=O) groups is 1. The zero-order chi connectivity index (χ0) is 10.4. The van der Waals surface area contributed by atoms with Gasteiger partial charge in [-0.15, -0.1) is 11.8 Å². The Bertz CT molecular complexity index is 285. The third-order valence-corrected chi connectivity index (χ3v) is 3.38. The van der Waals surface area contributed by atoms with E-state index in [0.29, 0.717) is 6.42 Å². The van der Waals surface area contributed by atoms with Crippen molar-refractivity contribution in [3.8, 4) is 0 Å². The van der Waals surface area contributed by atoms with E-state index in [0.717, 1.165) is 5.75 Å². The molecule has 2 nitrogen and oxygen atoms in total. The maximum Gasteiger partial charge on any atom is 0.316 e. The Morgan fingerprint density at radius 3 is 2.57 bits per heavy atom. The molecule has 76 valence electrons. The molecule has 0 aromatic heterocycles. The molecule has 0 radical (unpaired) electrons. The number of carboxylic acids is 1. The molecule has 0 saturated heterocycles. The average molecular weight is 210 g/mol. The van der Waals surface area contributed by atoms with Crippen molar-refractivity contribution in [1.29, 1.82) is 0 Å². The van der Waals surface area contributed by atoms with Gasteiger partial charge in [0.15, 0.2) is 0 Å². The van der Waals surface area contributed by atoms with Crippen molar-refractivity contribution in [2.45, 2.75) is 24.3 Å². The van der Waals surface area contributed by atoms with E-state index in [2.05, 4.69) is 0 Å². The highest BCUT2D eigenvalue weighted by molar-refractivity contribution is 7.99. The predicted molar refractivity (Wildman–Crippen MR) is 59.5 cm³/mol. The molecule has 1 rings (SSSR count). The minimum atomic E-state index is -0.714.